The summed E-state index contributed by atoms with van der Waals surface area (Å²) in [6.07, 6.45) is 2.71. The normalized spacial score (nSPS) is 12.2. The molecule has 0 aromatic carbocycles. The van der Waals surface area contributed by atoms with Gasteiger partial charge in [-0.3, -0.25) is 10.1 Å². The van der Waals surface area contributed by atoms with E-state index in [0.29, 0.717) is 0 Å². The molecule has 0 aliphatic carbocycles. The minimum absolute atomic E-state index is 0.0778. The van der Waals surface area contributed by atoms with Crippen molar-refractivity contribution in [2.45, 2.75) is 32.8 Å². The van der Waals surface area contributed by atoms with Crippen molar-refractivity contribution in [2.75, 3.05) is 0 Å². The van der Waals surface area contributed by atoms with Crippen LogP contribution in [0.15, 0.2) is 6.33 Å². The summed E-state index contributed by atoms with van der Waals surface area (Å²) >= 11 is 5.61. The number of hydrogen-bond donors (Lipinski definition) is 0. The Labute approximate surface area is 97.8 Å². The molecule has 1 unspecified atom stereocenters. The molecule has 1 rings (SSSR count). The van der Waals surface area contributed by atoms with Crippen molar-refractivity contribution in [1.82, 2.24) is 9.97 Å². The Kier molecular flexibility index (Phi) is 4.42. The van der Waals surface area contributed by atoms with Crippen LogP contribution >= 0.6 is 11.6 Å². The Bertz CT molecular complexity index is 386. The third kappa shape index (κ3) is 3.03. The Morgan fingerprint density at radius 2 is 2.31 bits per heavy atom. The summed E-state index contributed by atoms with van der Waals surface area (Å²) in [5, 5.41) is 10.5. The fourth-order valence-electron chi connectivity index (χ4n) is 1.24. The molecule has 0 N–H and O–H groups in total. The lowest BCUT2D eigenvalue weighted by Gasteiger charge is -2.12. The number of halogens is 1. The van der Waals surface area contributed by atoms with Crippen LogP contribution in [0, 0.1) is 10.1 Å². The second-order valence-corrected chi connectivity index (χ2v) is 3.65. The van der Waals surface area contributed by atoms with Crippen LogP contribution in [0.25, 0.3) is 0 Å². The lowest BCUT2D eigenvalue weighted by molar-refractivity contribution is -0.386. The van der Waals surface area contributed by atoms with Gasteiger partial charge in [0.15, 0.2) is 0 Å². The van der Waals surface area contributed by atoms with Gasteiger partial charge in [-0.2, -0.15) is 4.98 Å². The number of nitrogens with zero attached hydrogens (tertiary/aromatic N) is 3. The second kappa shape index (κ2) is 5.60. The SMILES string of the molecule is CCCC(C)Oc1ncnc(Cl)c1[N+](=O)[O-]. The smallest absolute Gasteiger partial charge is 0.367 e. The zero-order valence-electron chi connectivity index (χ0n) is 9.01. The Morgan fingerprint density at radius 1 is 1.62 bits per heavy atom. The van der Waals surface area contributed by atoms with E-state index < -0.39 is 4.92 Å². The van der Waals surface area contributed by atoms with Crippen LogP contribution in [-0.2, 0) is 0 Å². The molecule has 0 saturated heterocycles. The van der Waals surface area contributed by atoms with E-state index in [1.54, 1.807) is 0 Å². The van der Waals surface area contributed by atoms with Crippen LogP contribution in [0.5, 0.6) is 5.88 Å². The van der Waals surface area contributed by atoms with Crippen molar-refractivity contribution < 1.29 is 9.66 Å². The molecule has 1 aromatic rings. The molecule has 16 heavy (non-hydrogen) atoms. The van der Waals surface area contributed by atoms with Gasteiger partial charge in [0.05, 0.1) is 11.0 Å². The molecule has 1 atom stereocenters. The van der Waals surface area contributed by atoms with Gasteiger partial charge in [-0.15, -0.1) is 0 Å². The molecule has 6 nitrogen and oxygen atoms in total. The van der Waals surface area contributed by atoms with Crippen molar-refractivity contribution >= 4 is 17.3 Å². The van der Waals surface area contributed by atoms with Gasteiger partial charge in [-0.1, -0.05) is 24.9 Å². The Balaban J connectivity index is 2.95. The minimum atomic E-state index is -0.643. The third-order valence-electron chi connectivity index (χ3n) is 1.93. The lowest BCUT2D eigenvalue weighted by atomic mass is 10.2. The first kappa shape index (κ1) is 12.6. The second-order valence-electron chi connectivity index (χ2n) is 3.29. The monoisotopic (exact) mass is 245 g/mol. The highest BCUT2D eigenvalue weighted by molar-refractivity contribution is 6.31. The van der Waals surface area contributed by atoms with Crippen LogP contribution < -0.4 is 4.74 Å². The quantitative estimate of drug-likeness (QED) is 0.453. The topological polar surface area (TPSA) is 78.2 Å². The van der Waals surface area contributed by atoms with E-state index in [1.807, 2.05) is 13.8 Å². The summed E-state index contributed by atoms with van der Waals surface area (Å²) in [5.41, 5.74) is -0.382. The van der Waals surface area contributed by atoms with Gasteiger partial charge in [0, 0.05) is 0 Å². The van der Waals surface area contributed by atoms with Crippen molar-refractivity contribution in [3.63, 3.8) is 0 Å². The van der Waals surface area contributed by atoms with Crippen LogP contribution in [-0.4, -0.2) is 21.0 Å². The lowest BCUT2D eigenvalue weighted by Crippen LogP contribution is -2.13. The zero-order valence-corrected chi connectivity index (χ0v) is 9.77. The van der Waals surface area contributed by atoms with E-state index in [-0.39, 0.29) is 22.8 Å². The Morgan fingerprint density at radius 3 is 2.88 bits per heavy atom. The van der Waals surface area contributed by atoms with Gasteiger partial charge in [0.25, 0.3) is 5.88 Å². The molecule has 0 radical (unpaired) electrons. The van der Waals surface area contributed by atoms with Gasteiger partial charge in [-0.05, 0) is 13.3 Å². The molecule has 0 aliphatic heterocycles. The van der Waals surface area contributed by atoms with E-state index in [9.17, 15) is 10.1 Å². The Hall–Kier alpha value is -1.43. The molecule has 0 bridgehead atoms. The van der Waals surface area contributed by atoms with Crippen molar-refractivity contribution in [3.05, 3.63) is 21.6 Å². The molecular weight excluding hydrogens is 234 g/mol. The molecule has 0 fully saturated rings. The average molecular weight is 246 g/mol. The first-order chi connectivity index (χ1) is 7.56. The van der Waals surface area contributed by atoms with Crippen molar-refractivity contribution in [1.29, 1.82) is 0 Å². The molecule has 0 amide bonds. The van der Waals surface area contributed by atoms with E-state index in [4.69, 9.17) is 16.3 Å². The van der Waals surface area contributed by atoms with E-state index in [0.717, 1.165) is 19.2 Å². The predicted molar refractivity (Wildman–Crippen MR) is 58.7 cm³/mol. The molecule has 1 aromatic heterocycles. The van der Waals surface area contributed by atoms with Gasteiger partial charge >= 0.3 is 5.69 Å². The van der Waals surface area contributed by atoms with Crippen LogP contribution in [0.4, 0.5) is 5.69 Å². The third-order valence-corrected chi connectivity index (χ3v) is 2.21. The maximum atomic E-state index is 10.7. The number of hydrogen-bond acceptors (Lipinski definition) is 5. The predicted octanol–water partition coefficient (Wildman–Crippen LogP) is 2.61. The molecule has 1 heterocycles. The maximum Gasteiger partial charge on any atom is 0.367 e. The summed E-state index contributed by atoms with van der Waals surface area (Å²) in [4.78, 5) is 17.4. The highest BCUT2D eigenvalue weighted by Crippen LogP contribution is 2.31. The summed E-state index contributed by atoms with van der Waals surface area (Å²) in [7, 11) is 0. The molecule has 0 aliphatic rings. The maximum absolute atomic E-state index is 10.7. The molecule has 7 heteroatoms. The first-order valence-corrected chi connectivity index (χ1v) is 5.25. The van der Waals surface area contributed by atoms with Crippen molar-refractivity contribution in [2.24, 2.45) is 0 Å². The number of ether oxygens (including phenoxy) is 1. The summed E-state index contributed by atoms with van der Waals surface area (Å²) in [6, 6.07) is 0. The van der Waals surface area contributed by atoms with Crippen LogP contribution in [0.1, 0.15) is 26.7 Å². The van der Waals surface area contributed by atoms with Gasteiger partial charge in [0.1, 0.15) is 6.33 Å². The first-order valence-electron chi connectivity index (χ1n) is 4.87. The summed E-state index contributed by atoms with van der Waals surface area (Å²) in [6.45, 7) is 3.82. The number of aromatic nitrogens is 2. The fourth-order valence-corrected chi connectivity index (χ4v) is 1.43. The molecule has 0 saturated carbocycles. The van der Waals surface area contributed by atoms with E-state index >= 15 is 0 Å². The molecule has 88 valence electrons. The minimum Gasteiger partial charge on any atom is -0.470 e. The van der Waals surface area contributed by atoms with Crippen LogP contribution in [0.3, 0.4) is 0 Å². The highest BCUT2D eigenvalue weighted by Gasteiger charge is 2.24. The van der Waals surface area contributed by atoms with Gasteiger partial charge in [0.2, 0.25) is 5.15 Å². The molecular formula is C9H12ClN3O3. The molecule has 0 spiro atoms. The van der Waals surface area contributed by atoms with E-state index in [2.05, 4.69) is 9.97 Å². The largest absolute Gasteiger partial charge is 0.470 e. The standard InChI is InChI=1S/C9H12ClN3O3/c1-3-4-6(2)16-9-7(13(14)15)8(10)11-5-12-9/h5-6H,3-4H2,1-2H3. The number of nitro groups is 1. The van der Waals surface area contributed by atoms with Crippen molar-refractivity contribution in [3.8, 4) is 5.88 Å². The fraction of sp³-hybridized carbons (Fsp3) is 0.556. The summed E-state index contributed by atoms with van der Waals surface area (Å²) < 4.78 is 5.35. The average Bonchev–Trinajstić information content (AvgIpc) is 2.17. The highest BCUT2D eigenvalue weighted by atomic mass is 35.5. The zero-order chi connectivity index (χ0) is 12.1. The van der Waals surface area contributed by atoms with E-state index in [1.165, 1.54) is 0 Å². The van der Waals surface area contributed by atoms with Crippen LogP contribution in [0.2, 0.25) is 5.15 Å². The summed E-state index contributed by atoms with van der Waals surface area (Å²) in [5.74, 6) is -0.0778. The number of rotatable bonds is 5. The van der Waals surface area contributed by atoms with Gasteiger partial charge in [-0.25, -0.2) is 4.98 Å². The van der Waals surface area contributed by atoms with Gasteiger partial charge < -0.3 is 4.74 Å².